The first kappa shape index (κ1) is 14.7. The van der Waals surface area contributed by atoms with Crippen LogP contribution in [0.4, 0.5) is 0 Å². The average molecular weight is 285 g/mol. The maximum atomic E-state index is 11.7. The Morgan fingerprint density at radius 3 is 2.05 bits per heavy atom. The van der Waals surface area contributed by atoms with Crippen LogP contribution in [0, 0.1) is 6.92 Å². The number of amides is 1. The van der Waals surface area contributed by atoms with Crippen LogP contribution in [0.1, 0.15) is 26.3 Å². The van der Waals surface area contributed by atoms with Crippen LogP contribution in [0.2, 0.25) is 0 Å². The van der Waals surface area contributed by atoms with Gasteiger partial charge in [0.2, 0.25) is 0 Å². The maximum Gasteiger partial charge on any atom is 0.335 e. The largest absolute Gasteiger partial charge is 0.478 e. The van der Waals surface area contributed by atoms with Gasteiger partial charge in [-0.15, -0.1) is 0 Å². The van der Waals surface area contributed by atoms with Crippen molar-refractivity contribution in [3.8, 4) is 11.1 Å². The van der Waals surface area contributed by atoms with Crippen LogP contribution in [0.3, 0.4) is 0 Å². The summed E-state index contributed by atoms with van der Waals surface area (Å²) in [5.41, 5.74) is 3.26. The first-order chi connectivity index (χ1) is 9.90. The number of carbonyl (C=O) groups excluding carboxylic acids is 1. The fraction of sp³-hybridized carbons (Fsp3) is 0.125. The highest BCUT2D eigenvalue weighted by Crippen LogP contribution is 2.25. The SMILES string of the molecule is Cc1cc(C(=O)N(C)O)ccc1-c1ccc(C(=O)O)cc1. The van der Waals surface area contributed by atoms with Crippen LogP contribution in [-0.4, -0.2) is 34.3 Å². The molecule has 0 saturated heterocycles. The number of nitrogens with zero attached hydrogens (tertiary/aromatic N) is 1. The van der Waals surface area contributed by atoms with E-state index in [2.05, 4.69) is 0 Å². The van der Waals surface area contributed by atoms with Gasteiger partial charge in [-0.05, 0) is 47.9 Å². The molecule has 0 aliphatic rings. The van der Waals surface area contributed by atoms with Crippen molar-refractivity contribution in [3.63, 3.8) is 0 Å². The maximum absolute atomic E-state index is 11.7. The van der Waals surface area contributed by atoms with Crippen molar-refractivity contribution in [1.82, 2.24) is 5.06 Å². The molecule has 0 aliphatic heterocycles. The summed E-state index contributed by atoms with van der Waals surface area (Å²) in [5.74, 6) is -1.45. The smallest absolute Gasteiger partial charge is 0.335 e. The first-order valence-corrected chi connectivity index (χ1v) is 6.31. The number of carboxylic acid groups (broad SMARTS) is 1. The molecule has 0 fully saturated rings. The van der Waals surface area contributed by atoms with Gasteiger partial charge >= 0.3 is 5.97 Å². The second-order valence-corrected chi connectivity index (χ2v) is 4.74. The quantitative estimate of drug-likeness (QED) is 0.671. The van der Waals surface area contributed by atoms with Gasteiger partial charge < -0.3 is 5.11 Å². The third-order valence-electron chi connectivity index (χ3n) is 3.21. The van der Waals surface area contributed by atoms with E-state index in [1.165, 1.54) is 19.2 Å². The van der Waals surface area contributed by atoms with Crippen LogP contribution in [-0.2, 0) is 0 Å². The fourth-order valence-electron chi connectivity index (χ4n) is 2.10. The molecule has 0 saturated carbocycles. The zero-order chi connectivity index (χ0) is 15.6. The zero-order valence-corrected chi connectivity index (χ0v) is 11.7. The Labute approximate surface area is 122 Å². The molecule has 0 radical (unpaired) electrons. The molecule has 0 aromatic heterocycles. The number of aryl methyl sites for hydroxylation is 1. The summed E-state index contributed by atoms with van der Waals surface area (Å²) < 4.78 is 0. The normalized spacial score (nSPS) is 10.2. The molecule has 2 aromatic rings. The van der Waals surface area contributed by atoms with Gasteiger partial charge in [0, 0.05) is 12.6 Å². The Bertz CT molecular complexity index is 690. The second kappa shape index (κ2) is 5.76. The highest BCUT2D eigenvalue weighted by atomic mass is 16.5. The molecular weight excluding hydrogens is 270 g/mol. The lowest BCUT2D eigenvalue weighted by Crippen LogP contribution is -2.22. The minimum absolute atomic E-state index is 0.227. The third kappa shape index (κ3) is 3.09. The first-order valence-electron chi connectivity index (χ1n) is 6.31. The molecule has 1 amide bonds. The summed E-state index contributed by atoms with van der Waals surface area (Å²) in [7, 11) is 1.27. The number of benzene rings is 2. The summed E-state index contributed by atoms with van der Waals surface area (Å²) in [5, 5.41) is 18.6. The molecule has 0 heterocycles. The second-order valence-electron chi connectivity index (χ2n) is 4.74. The monoisotopic (exact) mass is 285 g/mol. The predicted molar refractivity (Wildman–Crippen MR) is 77.5 cm³/mol. The molecule has 0 aliphatic carbocycles. The molecule has 0 atom stereocenters. The minimum Gasteiger partial charge on any atom is -0.478 e. The fourth-order valence-corrected chi connectivity index (χ4v) is 2.10. The highest BCUT2D eigenvalue weighted by molar-refractivity contribution is 5.94. The van der Waals surface area contributed by atoms with Gasteiger partial charge in [0.1, 0.15) is 0 Å². The van der Waals surface area contributed by atoms with Gasteiger partial charge in [0.15, 0.2) is 0 Å². The summed E-state index contributed by atoms with van der Waals surface area (Å²) in [6.45, 7) is 1.86. The van der Waals surface area contributed by atoms with Crippen LogP contribution in [0.5, 0.6) is 0 Å². The van der Waals surface area contributed by atoms with E-state index in [1.54, 1.807) is 30.3 Å². The zero-order valence-electron chi connectivity index (χ0n) is 11.7. The van der Waals surface area contributed by atoms with Crippen LogP contribution >= 0.6 is 0 Å². The Balaban J connectivity index is 2.37. The van der Waals surface area contributed by atoms with Crippen molar-refractivity contribution in [1.29, 1.82) is 0 Å². The topological polar surface area (TPSA) is 77.8 Å². The van der Waals surface area contributed by atoms with Crippen molar-refractivity contribution < 1.29 is 19.9 Å². The van der Waals surface area contributed by atoms with E-state index in [4.69, 9.17) is 10.3 Å². The van der Waals surface area contributed by atoms with Crippen LogP contribution < -0.4 is 0 Å². The summed E-state index contributed by atoms with van der Waals surface area (Å²) in [4.78, 5) is 22.5. The molecule has 108 valence electrons. The van der Waals surface area contributed by atoms with Crippen LogP contribution in [0.25, 0.3) is 11.1 Å². The molecule has 21 heavy (non-hydrogen) atoms. The van der Waals surface area contributed by atoms with E-state index < -0.39 is 11.9 Å². The van der Waals surface area contributed by atoms with E-state index in [0.29, 0.717) is 10.6 Å². The number of hydrogen-bond donors (Lipinski definition) is 2. The van der Waals surface area contributed by atoms with Crippen molar-refractivity contribution in [2.24, 2.45) is 0 Å². The average Bonchev–Trinajstić information content (AvgIpc) is 2.46. The summed E-state index contributed by atoms with van der Waals surface area (Å²) in [6, 6.07) is 11.6. The molecule has 2 aromatic carbocycles. The van der Waals surface area contributed by atoms with Gasteiger partial charge in [-0.3, -0.25) is 10.0 Å². The Morgan fingerprint density at radius 1 is 1.00 bits per heavy atom. The van der Waals surface area contributed by atoms with Gasteiger partial charge in [-0.2, -0.15) is 0 Å². The number of aromatic carboxylic acids is 1. The van der Waals surface area contributed by atoms with E-state index in [9.17, 15) is 9.59 Å². The lowest BCUT2D eigenvalue weighted by Gasteiger charge is -2.11. The van der Waals surface area contributed by atoms with E-state index in [-0.39, 0.29) is 5.56 Å². The van der Waals surface area contributed by atoms with Crippen molar-refractivity contribution >= 4 is 11.9 Å². The van der Waals surface area contributed by atoms with E-state index in [1.807, 2.05) is 6.92 Å². The van der Waals surface area contributed by atoms with Gasteiger partial charge in [0.05, 0.1) is 5.56 Å². The molecule has 0 spiro atoms. The summed E-state index contributed by atoms with van der Waals surface area (Å²) in [6.07, 6.45) is 0. The van der Waals surface area contributed by atoms with E-state index >= 15 is 0 Å². The molecule has 5 heteroatoms. The molecule has 2 rings (SSSR count). The van der Waals surface area contributed by atoms with Crippen molar-refractivity contribution in [3.05, 3.63) is 59.2 Å². The molecular formula is C16H15NO4. The molecule has 0 unspecified atom stereocenters. The number of hydroxylamine groups is 2. The Kier molecular flexibility index (Phi) is 4.05. The Morgan fingerprint density at radius 2 is 1.57 bits per heavy atom. The third-order valence-corrected chi connectivity index (χ3v) is 3.21. The van der Waals surface area contributed by atoms with Gasteiger partial charge in [-0.1, -0.05) is 18.2 Å². The summed E-state index contributed by atoms with van der Waals surface area (Å²) >= 11 is 0. The lowest BCUT2D eigenvalue weighted by molar-refractivity contribution is -0.0374. The number of carbonyl (C=O) groups is 2. The van der Waals surface area contributed by atoms with Gasteiger partial charge in [0.25, 0.3) is 5.91 Å². The number of carboxylic acids is 1. The van der Waals surface area contributed by atoms with Crippen molar-refractivity contribution in [2.45, 2.75) is 6.92 Å². The van der Waals surface area contributed by atoms with Crippen molar-refractivity contribution in [2.75, 3.05) is 7.05 Å². The molecule has 2 N–H and O–H groups in total. The molecule has 5 nitrogen and oxygen atoms in total. The highest BCUT2D eigenvalue weighted by Gasteiger charge is 2.12. The van der Waals surface area contributed by atoms with Gasteiger partial charge in [-0.25, -0.2) is 9.86 Å². The lowest BCUT2D eigenvalue weighted by atomic mass is 9.97. The van der Waals surface area contributed by atoms with E-state index in [0.717, 1.165) is 16.7 Å². The minimum atomic E-state index is -0.967. The van der Waals surface area contributed by atoms with Crippen LogP contribution in [0.15, 0.2) is 42.5 Å². The predicted octanol–water partition coefficient (Wildman–Crippen LogP) is 2.82. The number of hydrogen-bond acceptors (Lipinski definition) is 3. The molecule has 0 bridgehead atoms. The standard InChI is InChI=1S/C16H15NO4/c1-10-9-13(15(18)17(2)21)7-8-14(10)11-3-5-12(6-4-11)16(19)20/h3-9,21H,1-2H3,(H,19,20). The number of rotatable bonds is 3. The Hall–Kier alpha value is -2.66.